The second-order valence-corrected chi connectivity index (χ2v) is 7.29. The lowest BCUT2D eigenvalue weighted by molar-refractivity contribution is -0.132. The van der Waals surface area contributed by atoms with Crippen molar-refractivity contribution in [3.8, 4) is 0 Å². The van der Waals surface area contributed by atoms with Gasteiger partial charge in [0.05, 0.1) is 23.6 Å². The Morgan fingerprint density at radius 2 is 1.93 bits per heavy atom. The van der Waals surface area contributed by atoms with Crippen molar-refractivity contribution in [3.05, 3.63) is 74.3 Å². The van der Waals surface area contributed by atoms with Crippen LogP contribution in [-0.2, 0) is 29.0 Å². The van der Waals surface area contributed by atoms with Crippen LogP contribution in [0.3, 0.4) is 0 Å². The maximum absolute atomic E-state index is 12.9. The third kappa shape index (κ3) is 3.58. The Labute approximate surface area is 171 Å². The van der Waals surface area contributed by atoms with E-state index in [1.165, 1.54) is 35.4 Å². The summed E-state index contributed by atoms with van der Waals surface area (Å²) in [5.41, 5.74) is 2.74. The van der Waals surface area contributed by atoms with E-state index in [9.17, 15) is 14.4 Å². The van der Waals surface area contributed by atoms with Crippen LogP contribution in [0.25, 0.3) is 10.9 Å². The highest BCUT2D eigenvalue weighted by Crippen LogP contribution is 2.19. The van der Waals surface area contributed by atoms with E-state index in [2.05, 4.69) is 11.1 Å². The first-order valence-electron chi connectivity index (χ1n) is 9.17. The zero-order chi connectivity index (χ0) is 20.5. The normalized spacial score (nSPS) is 13.2. The van der Waals surface area contributed by atoms with Gasteiger partial charge in [0.25, 0.3) is 5.56 Å². The van der Waals surface area contributed by atoms with Crippen molar-refractivity contribution in [3.63, 3.8) is 0 Å². The Bertz CT molecular complexity index is 1240. The number of nitrogens with zero attached hydrogens (tertiary/aromatic N) is 2. The number of amides is 1. The van der Waals surface area contributed by atoms with Gasteiger partial charge in [0.1, 0.15) is 6.54 Å². The van der Waals surface area contributed by atoms with Crippen LogP contribution in [0.5, 0.6) is 0 Å². The molecule has 0 aliphatic carbocycles. The predicted molar refractivity (Wildman–Crippen MR) is 110 cm³/mol. The fourth-order valence-corrected chi connectivity index (χ4v) is 3.84. The summed E-state index contributed by atoms with van der Waals surface area (Å²) >= 11 is 5.31. The lowest BCUT2D eigenvalue weighted by Gasteiger charge is -2.29. The predicted octanol–water partition coefficient (Wildman–Crippen LogP) is 2.43. The molecule has 1 amide bonds. The van der Waals surface area contributed by atoms with Crippen LogP contribution in [0.1, 0.15) is 21.5 Å². The van der Waals surface area contributed by atoms with Crippen LogP contribution < -0.4 is 5.56 Å². The second-order valence-electron chi connectivity index (χ2n) is 6.91. The largest absolute Gasteiger partial charge is 0.465 e. The molecule has 0 atom stereocenters. The van der Waals surface area contributed by atoms with Crippen molar-refractivity contribution >= 4 is 35.0 Å². The summed E-state index contributed by atoms with van der Waals surface area (Å²) in [7, 11) is 1.29. The van der Waals surface area contributed by atoms with Crippen LogP contribution in [0.4, 0.5) is 0 Å². The summed E-state index contributed by atoms with van der Waals surface area (Å²) in [5.74, 6) is -0.664. The molecule has 3 aromatic rings. The van der Waals surface area contributed by atoms with Crippen LogP contribution in [0, 0.1) is 4.77 Å². The quantitative estimate of drug-likeness (QED) is 0.531. The Kier molecular flexibility index (Phi) is 5.02. The molecule has 1 aliphatic heterocycles. The second kappa shape index (κ2) is 7.63. The van der Waals surface area contributed by atoms with E-state index in [0.29, 0.717) is 29.6 Å². The van der Waals surface area contributed by atoms with Crippen molar-refractivity contribution in [1.29, 1.82) is 0 Å². The maximum Gasteiger partial charge on any atom is 0.337 e. The summed E-state index contributed by atoms with van der Waals surface area (Å²) in [5, 5.41) is 0.350. The fraction of sp³-hybridized carbons (Fsp3) is 0.238. The number of hydrogen-bond acceptors (Lipinski definition) is 5. The van der Waals surface area contributed by atoms with Gasteiger partial charge >= 0.3 is 5.97 Å². The summed E-state index contributed by atoms with van der Waals surface area (Å²) in [6.07, 6.45) is 0.789. The number of hydrogen-bond donors (Lipinski definition) is 1. The number of benzene rings is 2. The standard InChI is InChI=1S/C21H19N3O4S/c1-28-20(27)14-6-7-16-17(10-14)22-21(29)24(19(16)26)12-18(25)23-9-8-13-4-2-3-5-15(13)11-23/h2-7,10H,8-9,11-12H2,1H3,(H,22,29). The van der Waals surface area contributed by atoms with E-state index in [1.54, 1.807) is 4.90 Å². The van der Waals surface area contributed by atoms with Gasteiger partial charge < -0.3 is 14.6 Å². The van der Waals surface area contributed by atoms with Gasteiger partial charge in [-0.1, -0.05) is 24.3 Å². The number of carbonyl (C=O) groups is 2. The highest BCUT2D eigenvalue weighted by atomic mass is 32.1. The number of rotatable bonds is 3. The van der Waals surface area contributed by atoms with Crippen molar-refractivity contribution in [1.82, 2.24) is 14.5 Å². The fourth-order valence-electron chi connectivity index (χ4n) is 3.59. The Balaban J connectivity index is 1.63. The number of aromatic amines is 1. The molecule has 0 bridgehead atoms. The maximum atomic E-state index is 12.9. The van der Waals surface area contributed by atoms with Crippen LogP contribution >= 0.6 is 12.2 Å². The number of fused-ring (bicyclic) bond motifs is 2. The molecule has 0 unspecified atom stereocenters. The Hall–Kier alpha value is -3.26. The summed E-state index contributed by atoms with van der Waals surface area (Å²) in [6, 6.07) is 12.6. The average Bonchev–Trinajstić information content (AvgIpc) is 2.75. The first kappa shape index (κ1) is 19.1. The highest BCUT2D eigenvalue weighted by molar-refractivity contribution is 7.71. The van der Waals surface area contributed by atoms with Crippen LogP contribution in [-0.4, -0.2) is 40.0 Å². The van der Waals surface area contributed by atoms with Gasteiger partial charge in [0.2, 0.25) is 5.91 Å². The number of nitrogens with one attached hydrogen (secondary N) is 1. The molecular weight excluding hydrogens is 390 g/mol. The monoisotopic (exact) mass is 409 g/mol. The van der Waals surface area contributed by atoms with E-state index >= 15 is 0 Å². The minimum Gasteiger partial charge on any atom is -0.465 e. The van der Waals surface area contributed by atoms with E-state index in [0.717, 1.165) is 12.0 Å². The highest BCUT2D eigenvalue weighted by Gasteiger charge is 2.21. The number of aromatic nitrogens is 2. The van der Waals surface area contributed by atoms with Gasteiger partial charge in [-0.25, -0.2) is 4.79 Å². The molecule has 29 heavy (non-hydrogen) atoms. The molecule has 0 saturated carbocycles. The molecule has 1 aromatic heterocycles. The van der Waals surface area contributed by atoms with Gasteiger partial charge in [-0.15, -0.1) is 0 Å². The number of H-pyrrole nitrogens is 1. The van der Waals surface area contributed by atoms with E-state index in [4.69, 9.17) is 17.0 Å². The molecule has 0 spiro atoms. The average molecular weight is 409 g/mol. The first-order chi connectivity index (χ1) is 14.0. The zero-order valence-corrected chi connectivity index (χ0v) is 16.6. The van der Waals surface area contributed by atoms with Gasteiger partial charge in [-0.05, 0) is 48.0 Å². The van der Waals surface area contributed by atoms with Gasteiger partial charge in [-0.2, -0.15) is 0 Å². The number of methoxy groups -OCH3 is 1. The molecule has 0 fully saturated rings. The molecule has 0 saturated heterocycles. The molecule has 7 nitrogen and oxygen atoms in total. The molecule has 0 radical (unpaired) electrons. The Morgan fingerprint density at radius 3 is 2.69 bits per heavy atom. The lowest BCUT2D eigenvalue weighted by atomic mass is 10.00. The van der Waals surface area contributed by atoms with Crippen molar-refractivity contribution in [2.75, 3.05) is 13.7 Å². The van der Waals surface area contributed by atoms with E-state index in [1.807, 2.05) is 18.2 Å². The summed E-state index contributed by atoms with van der Waals surface area (Å²) < 4.78 is 6.10. The molecule has 1 aliphatic rings. The van der Waals surface area contributed by atoms with E-state index < -0.39 is 5.97 Å². The van der Waals surface area contributed by atoms with E-state index in [-0.39, 0.29) is 22.8 Å². The molecular formula is C21H19N3O4S. The number of carbonyl (C=O) groups excluding carboxylic acids is 2. The molecule has 1 N–H and O–H groups in total. The van der Waals surface area contributed by atoms with Crippen molar-refractivity contribution in [2.24, 2.45) is 0 Å². The third-order valence-electron chi connectivity index (χ3n) is 5.18. The molecule has 2 heterocycles. The van der Waals surface area contributed by atoms with Crippen molar-refractivity contribution in [2.45, 2.75) is 19.5 Å². The zero-order valence-electron chi connectivity index (χ0n) is 15.8. The van der Waals surface area contributed by atoms with Gasteiger partial charge in [-0.3, -0.25) is 14.2 Å². The molecule has 2 aromatic carbocycles. The smallest absolute Gasteiger partial charge is 0.337 e. The first-order valence-corrected chi connectivity index (χ1v) is 9.58. The molecule has 148 valence electrons. The number of ether oxygens (including phenoxy) is 1. The SMILES string of the molecule is COC(=O)c1ccc2c(=O)n(CC(=O)N3CCc4ccccc4C3)c(=S)[nH]c2c1. The van der Waals surface area contributed by atoms with Crippen LogP contribution in [0.15, 0.2) is 47.3 Å². The molecule has 8 heteroatoms. The van der Waals surface area contributed by atoms with Crippen LogP contribution in [0.2, 0.25) is 0 Å². The number of esters is 1. The van der Waals surface area contributed by atoms with Gasteiger partial charge in [0.15, 0.2) is 4.77 Å². The van der Waals surface area contributed by atoms with Gasteiger partial charge in [0, 0.05) is 13.1 Å². The minimum atomic E-state index is -0.504. The van der Waals surface area contributed by atoms with Crippen molar-refractivity contribution < 1.29 is 14.3 Å². The Morgan fingerprint density at radius 1 is 1.17 bits per heavy atom. The lowest BCUT2D eigenvalue weighted by Crippen LogP contribution is -2.40. The summed E-state index contributed by atoms with van der Waals surface area (Å²) in [4.78, 5) is 42.1. The molecule has 4 rings (SSSR count). The minimum absolute atomic E-state index is 0.134. The third-order valence-corrected chi connectivity index (χ3v) is 5.50. The topological polar surface area (TPSA) is 84.4 Å². The summed E-state index contributed by atoms with van der Waals surface area (Å²) in [6.45, 7) is 0.998.